The van der Waals surface area contributed by atoms with E-state index < -0.39 is 55.2 Å². The first-order valence-electron chi connectivity index (χ1n) is 5.74. The van der Waals surface area contributed by atoms with Gasteiger partial charge < -0.3 is 14.9 Å². The van der Waals surface area contributed by atoms with Gasteiger partial charge in [0.2, 0.25) is 5.91 Å². The number of halogens is 3. The number of amides is 1. The van der Waals surface area contributed by atoms with Crippen LogP contribution in [0.15, 0.2) is 12.3 Å². The number of alkyl halides is 3. The zero-order chi connectivity index (χ0) is 15.1. The van der Waals surface area contributed by atoms with Crippen LogP contribution in [0.2, 0.25) is 0 Å². The molecule has 2 aliphatic rings. The Bertz CT molecular complexity index is 457. The van der Waals surface area contributed by atoms with Crippen molar-refractivity contribution in [1.82, 2.24) is 4.90 Å². The molecule has 6 nitrogen and oxygen atoms in total. The van der Waals surface area contributed by atoms with E-state index in [0.717, 1.165) is 12.3 Å². The molecule has 0 radical (unpaired) electrons. The van der Waals surface area contributed by atoms with Gasteiger partial charge in [0.15, 0.2) is 23.8 Å². The molecule has 2 N–H and O–H groups in total. The molecule has 2 heterocycles. The highest BCUT2D eigenvalue weighted by molar-refractivity contribution is 6.06. The summed E-state index contributed by atoms with van der Waals surface area (Å²) in [5.74, 6) is -1.31. The molecule has 9 heteroatoms. The number of rotatable bonds is 3. The van der Waals surface area contributed by atoms with E-state index in [0.29, 0.717) is 4.90 Å². The Kier molecular flexibility index (Phi) is 3.85. The van der Waals surface area contributed by atoms with Gasteiger partial charge in [0, 0.05) is 6.20 Å². The van der Waals surface area contributed by atoms with Crippen LogP contribution in [-0.4, -0.2) is 63.9 Å². The number of carbonyl (C=O) groups is 2. The van der Waals surface area contributed by atoms with Gasteiger partial charge in [-0.15, -0.1) is 0 Å². The molecule has 4 atom stereocenters. The van der Waals surface area contributed by atoms with Gasteiger partial charge in [0.25, 0.3) is 6.43 Å². The van der Waals surface area contributed by atoms with Crippen molar-refractivity contribution in [2.24, 2.45) is 0 Å². The molecule has 0 aromatic rings. The third kappa shape index (κ3) is 2.11. The molecule has 0 aliphatic carbocycles. The molecule has 2 aliphatic heterocycles. The lowest BCUT2D eigenvalue weighted by Gasteiger charge is -2.31. The third-order valence-corrected chi connectivity index (χ3v) is 3.32. The number of hydrogen-bond donors (Lipinski definition) is 2. The number of allylic oxidation sites excluding steroid dienone is 1. The summed E-state index contributed by atoms with van der Waals surface area (Å²) in [6.07, 6.45) is -8.34. The quantitative estimate of drug-likeness (QED) is 0.676. The van der Waals surface area contributed by atoms with Crippen LogP contribution in [0.25, 0.3) is 0 Å². The van der Waals surface area contributed by atoms with E-state index in [1.807, 2.05) is 0 Å². The fourth-order valence-electron chi connectivity index (χ4n) is 2.15. The average molecular weight is 295 g/mol. The van der Waals surface area contributed by atoms with E-state index >= 15 is 0 Å². The van der Waals surface area contributed by atoms with Crippen molar-refractivity contribution in [2.75, 3.05) is 6.61 Å². The first-order chi connectivity index (χ1) is 9.33. The highest BCUT2D eigenvalue weighted by Gasteiger charge is 2.62. The second-order valence-corrected chi connectivity index (χ2v) is 4.57. The summed E-state index contributed by atoms with van der Waals surface area (Å²) in [5, 5.41) is 18.6. The lowest BCUT2D eigenvalue weighted by Crippen LogP contribution is -2.50. The van der Waals surface area contributed by atoms with Crippen molar-refractivity contribution >= 4 is 11.7 Å². The van der Waals surface area contributed by atoms with Gasteiger partial charge in [-0.3, -0.25) is 14.5 Å². The molecule has 0 aromatic heterocycles. The van der Waals surface area contributed by atoms with E-state index in [9.17, 15) is 27.9 Å². The minimum atomic E-state index is -3.40. The summed E-state index contributed by atoms with van der Waals surface area (Å²) >= 11 is 0. The van der Waals surface area contributed by atoms with Crippen molar-refractivity contribution in [3.05, 3.63) is 12.3 Å². The summed E-state index contributed by atoms with van der Waals surface area (Å²) in [7, 11) is 0. The zero-order valence-electron chi connectivity index (χ0n) is 10.1. The minimum Gasteiger partial charge on any atom is -0.393 e. The van der Waals surface area contributed by atoms with Gasteiger partial charge in [0.1, 0.15) is 6.10 Å². The highest BCUT2D eigenvalue weighted by Crippen LogP contribution is 2.39. The number of hydrogen-bond acceptors (Lipinski definition) is 5. The number of ether oxygens (including phenoxy) is 1. The largest absolute Gasteiger partial charge is 0.393 e. The number of aliphatic hydroxyl groups excluding tert-OH is 2. The van der Waals surface area contributed by atoms with Gasteiger partial charge >= 0.3 is 0 Å². The summed E-state index contributed by atoms with van der Waals surface area (Å²) in [6.45, 7) is -1.36. The Morgan fingerprint density at radius 3 is 2.60 bits per heavy atom. The molecule has 0 unspecified atom stereocenters. The molecule has 112 valence electrons. The van der Waals surface area contributed by atoms with Crippen LogP contribution in [0.3, 0.4) is 0 Å². The normalized spacial score (nSPS) is 38.1. The topological polar surface area (TPSA) is 87.1 Å². The predicted octanol–water partition coefficient (Wildman–Crippen LogP) is -0.647. The van der Waals surface area contributed by atoms with E-state index in [2.05, 4.69) is 0 Å². The molecule has 1 amide bonds. The number of carbonyl (C=O) groups excluding carboxylic acids is 2. The molecular formula is C11H12F3NO5. The second kappa shape index (κ2) is 5.15. The summed E-state index contributed by atoms with van der Waals surface area (Å²) in [4.78, 5) is 23.3. The Morgan fingerprint density at radius 2 is 2.15 bits per heavy atom. The van der Waals surface area contributed by atoms with Crippen LogP contribution < -0.4 is 0 Å². The number of ketones is 1. The highest BCUT2D eigenvalue weighted by atomic mass is 19.3. The predicted molar refractivity (Wildman–Crippen MR) is 57.2 cm³/mol. The van der Waals surface area contributed by atoms with Crippen molar-refractivity contribution in [3.63, 3.8) is 0 Å². The number of nitrogens with zero attached hydrogens (tertiary/aromatic N) is 1. The summed E-state index contributed by atoms with van der Waals surface area (Å²) in [6, 6.07) is 0. The lowest BCUT2D eigenvalue weighted by atomic mass is 9.98. The zero-order valence-corrected chi connectivity index (χ0v) is 10.1. The molecule has 1 saturated heterocycles. The van der Waals surface area contributed by atoms with Gasteiger partial charge in [0.05, 0.1) is 13.0 Å². The molecule has 0 bridgehead atoms. The van der Waals surface area contributed by atoms with Crippen molar-refractivity contribution in [2.45, 2.75) is 37.0 Å². The van der Waals surface area contributed by atoms with Gasteiger partial charge in [-0.2, -0.15) is 0 Å². The van der Waals surface area contributed by atoms with Gasteiger partial charge in [-0.1, -0.05) is 0 Å². The van der Waals surface area contributed by atoms with E-state index in [1.54, 1.807) is 0 Å². The first-order valence-corrected chi connectivity index (χ1v) is 5.74. The Labute approximate surface area is 111 Å². The molecule has 0 aromatic carbocycles. The Morgan fingerprint density at radius 1 is 1.50 bits per heavy atom. The fraction of sp³-hybridized carbons (Fsp3) is 0.636. The monoisotopic (exact) mass is 295 g/mol. The lowest BCUT2D eigenvalue weighted by molar-refractivity contribution is -0.195. The Hall–Kier alpha value is -1.45. The number of aliphatic hydroxyl groups is 2. The fourth-order valence-corrected chi connectivity index (χ4v) is 2.15. The second-order valence-electron chi connectivity index (χ2n) is 4.57. The van der Waals surface area contributed by atoms with Gasteiger partial charge in [-0.05, 0) is 6.08 Å². The maximum atomic E-state index is 13.9. The standard InChI is InChI=1S/C11H12F3NO5/c12-8-7(19)9(20-11(8,4-16)10(13)14)15-2-1-5(17)3-6(15)18/h1-2,7-10,16,19H,3-4H2/t7-,8-,9-,11-/m1/s1. The molecule has 0 spiro atoms. The minimum absolute atomic E-state index is 0.502. The molecule has 2 rings (SSSR count). The summed E-state index contributed by atoms with van der Waals surface area (Å²) in [5.41, 5.74) is -2.89. The van der Waals surface area contributed by atoms with Gasteiger partial charge in [-0.25, -0.2) is 13.2 Å². The molecular weight excluding hydrogens is 283 g/mol. The van der Waals surface area contributed by atoms with Crippen LogP contribution in [0.4, 0.5) is 13.2 Å². The van der Waals surface area contributed by atoms with Crippen LogP contribution in [0.1, 0.15) is 6.42 Å². The maximum Gasteiger partial charge on any atom is 0.272 e. The van der Waals surface area contributed by atoms with Crippen molar-refractivity contribution < 1.29 is 37.7 Å². The summed E-state index contributed by atoms with van der Waals surface area (Å²) < 4.78 is 44.4. The van der Waals surface area contributed by atoms with Crippen molar-refractivity contribution in [1.29, 1.82) is 0 Å². The SMILES string of the molecule is O=C1C=CN([C@@H]2O[C@@](CO)(C(F)F)[C@H](F)[C@H]2O)C(=O)C1. The molecule has 1 fully saturated rings. The molecule has 20 heavy (non-hydrogen) atoms. The average Bonchev–Trinajstić information content (AvgIpc) is 2.64. The van der Waals surface area contributed by atoms with E-state index in [4.69, 9.17) is 9.84 Å². The third-order valence-electron chi connectivity index (χ3n) is 3.32. The molecule has 0 saturated carbocycles. The first kappa shape index (κ1) is 14.9. The Balaban J connectivity index is 2.29. The van der Waals surface area contributed by atoms with Crippen LogP contribution in [0, 0.1) is 0 Å². The van der Waals surface area contributed by atoms with Crippen molar-refractivity contribution in [3.8, 4) is 0 Å². The van der Waals surface area contributed by atoms with Crippen LogP contribution in [0.5, 0.6) is 0 Å². The smallest absolute Gasteiger partial charge is 0.272 e. The van der Waals surface area contributed by atoms with E-state index in [1.165, 1.54) is 0 Å². The maximum absolute atomic E-state index is 13.9. The van der Waals surface area contributed by atoms with Crippen LogP contribution in [-0.2, 0) is 14.3 Å². The van der Waals surface area contributed by atoms with E-state index in [-0.39, 0.29) is 0 Å². The van der Waals surface area contributed by atoms with Crippen LogP contribution >= 0.6 is 0 Å².